The van der Waals surface area contributed by atoms with Gasteiger partial charge in [0.1, 0.15) is 5.82 Å². The molecule has 1 heterocycles. The second-order valence-corrected chi connectivity index (χ2v) is 5.45. The minimum atomic E-state index is -0.400. The molecule has 0 aliphatic carbocycles. The van der Waals surface area contributed by atoms with Crippen molar-refractivity contribution in [2.24, 2.45) is 0 Å². The molecular weight excluding hydrogens is 331 g/mol. The standard InChI is InChI=1S/C14H13BrClFN2/c1-18-13(7-10-6-5-9(15)8-19-10)11-3-2-4-12(17)14(11)16/h2-6,8,13,18H,7H2,1H3. The van der Waals surface area contributed by atoms with Gasteiger partial charge in [0.05, 0.1) is 5.02 Å². The molecule has 0 saturated carbocycles. The van der Waals surface area contributed by atoms with E-state index >= 15 is 0 Å². The molecule has 1 aromatic heterocycles. The highest BCUT2D eigenvalue weighted by Crippen LogP contribution is 2.27. The minimum Gasteiger partial charge on any atom is -0.313 e. The summed E-state index contributed by atoms with van der Waals surface area (Å²) in [6, 6.07) is 8.64. The van der Waals surface area contributed by atoms with E-state index in [9.17, 15) is 4.39 Å². The van der Waals surface area contributed by atoms with E-state index in [-0.39, 0.29) is 11.1 Å². The minimum absolute atomic E-state index is 0.0723. The Hall–Kier alpha value is -0.970. The second-order valence-electron chi connectivity index (χ2n) is 4.16. The Morgan fingerprint density at radius 2 is 2.16 bits per heavy atom. The van der Waals surface area contributed by atoms with Crippen molar-refractivity contribution < 1.29 is 4.39 Å². The van der Waals surface area contributed by atoms with E-state index in [1.807, 2.05) is 25.2 Å². The number of pyridine rings is 1. The van der Waals surface area contributed by atoms with Crippen LogP contribution in [0.3, 0.4) is 0 Å². The summed E-state index contributed by atoms with van der Waals surface area (Å²) in [6.07, 6.45) is 2.39. The Balaban J connectivity index is 2.25. The molecule has 1 unspecified atom stereocenters. The van der Waals surface area contributed by atoms with E-state index < -0.39 is 5.82 Å². The molecule has 1 N–H and O–H groups in total. The van der Waals surface area contributed by atoms with Gasteiger partial charge in [-0.15, -0.1) is 0 Å². The van der Waals surface area contributed by atoms with Crippen LogP contribution in [0.4, 0.5) is 4.39 Å². The van der Waals surface area contributed by atoms with Crippen LogP contribution in [0.2, 0.25) is 5.02 Å². The number of halogens is 3. The lowest BCUT2D eigenvalue weighted by Gasteiger charge is -2.18. The first-order valence-electron chi connectivity index (χ1n) is 5.83. The van der Waals surface area contributed by atoms with Gasteiger partial charge in [0, 0.05) is 28.8 Å². The zero-order chi connectivity index (χ0) is 13.8. The summed E-state index contributed by atoms with van der Waals surface area (Å²) in [6.45, 7) is 0. The lowest BCUT2D eigenvalue weighted by atomic mass is 10.0. The van der Waals surface area contributed by atoms with Crippen molar-refractivity contribution in [2.75, 3.05) is 7.05 Å². The molecule has 0 amide bonds. The van der Waals surface area contributed by atoms with Crippen molar-refractivity contribution in [1.82, 2.24) is 10.3 Å². The molecule has 0 bridgehead atoms. The zero-order valence-corrected chi connectivity index (χ0v) is 12.7. The maximum atomic E-state index is 13.5. The monoisotopic (exact) mass is 342 g/mol. The van der Waals surface area contributed by atoms with Crippen LogP contribution in [-0.2, 0) is 6.42 Å². The fourth-order valence-corrected chi connectivity index (χ4v) is 2.39. The van der Waals surface area contributed by atoms with Crippen molar-refractivity contribution in [3.05, 3.63) is 63.1 Å². The Bertz CT molecular complexity index is 560. The smallest absolute Gasteiger partial charge is 0.142 e. The number of aromatic nitrogens is 1. The molecule has 0 aliphatic rings. The quantitative estimate of drug-likeness (QED) is 0.902. The maximum Gasteiger partial charge on any atom is 0.142 e. The predicted octanol–water partition coefficient (Wildman–Crippen LogP) is 4.14. The Labute approximate surface area is 125 Å². The highest BCUT2D eigenvalue weighted by atomic mass is 79.9. The average Bonchev–Trinajstić information content (AvgIpc) is 2.42. The molecule has 2 rings (SSSR count). The summed E-state index contributed by atoms with van der Waals surface area (Å²) in [4.78, 5) is 4.32. The largest absolute Gasteiger partial charge is 0.313 e. The first-order chi connectivity index (χ1) is 9.11. The van der Waals surface area contributed by atoms with Crippen LogP contribution in [0, 0.1) is 5.82 Å². The van der Waals surface area contributed by atoms with Gasteiger partial charge in [-0.1, -0.05) is 23.7 Å². The summed E-state index contributed by atoms with van der Waals surface area (Å²) in [5, 5.41) is 3.31. The van der Waals surface area contributed by atoms with Crippen molar-refractivity contribution in [3.63, 3.8) is 0 Å². The highest BCUT2D eigenvalue weighted by Gasteiger charge is 2.16. The van der Waals surface area contributed by atoms with Crippen LogP contribution in [-0.4, -0.2) is 12.0 Å². The predicted molar refractivity (Wildman–Crippen MR) is 78.9 cm³/mol. The van der Waals surface area contributed by atoms with Crippen molar-refractivity contribution >= 4 is 27.5 Å². The van der Waals surface area contributed by atoms with Crippen LogP contribution < -0.4 is 5.32 Å². The number of likely N-dealkylation sites (N-methyl/N-ethyl adjacent to an activating group) is 1. The Morgan fingerprint density at radius 3 is 2.79 bits per heavy atom. The van der Waals surface area contributed by atoms with Crippen molar-refractivity contribution in [3.8, 4) is 0 Å². The van der Waals surface area contributed by atoms with E-state index in [0.29, 0.717) is 6.42 Å². The summed E-state index contributed by atoms with van der Waals surface area (Å²) in [5.41, 5.74) is 1.66. The Morgan fingerprint density at radius 1 is 1.37 bits per heavy atom. The summed E-state index contributed by atoms with van der Waals surface area (Å²) < 4.78 is 14.4. The molecule has 0 aliphatic heterocycles. The molecule has 1 aromatic carbocycles. The number of hydrogen-bond donors (Lipinski definition) is 1. The number of benzene rings is 1. The third-order valence-corrected chi connectivity index (χ3v) is 3.78. The number of nitrogens with one attached hydrogen (secondary N) is 1. The lowest BCUT2D eigenvalue weighted by Crippen LogP contribution is -2.20. The van der Waals surface area contributed by atoms with Crippen LogP contribution in [0.15, 0.2) is 41.0 Å². The molecule has 0 saturated heterocycles. The van der Waals surface area contributed by atoms with Gasteiger partial charge in [-0.05, 0) is 46.7 Å². The summed E-state index contributed by atoms with van der Waals surface area (Å²) in [5.74, 6) is -0.400. The van der Waals surface area contributed by atoms with Crippen molar-refractivity contribution in [1.29, 1.82) is 0 Å². The van der Waals surface area contributed by atoms with Crippen LogP contribution in [0.5, 0.6) is 0 Å². The van der Waals surface area contributed by atoms with Gasteiger partial charge in [0.15, 0.2) is 0 Å². The van der Waals surface area contributed by atoms with Gasteiger partial charge in [-0.3, -0.25) is 4.98 Å². The molecular formula is C14H13BrClFN2. The number of nitrogens with zero attached hydrogens (tertiary/aromatic N) is 1. The van der Waals surface area contributed by atoms with Gasteiger partial charge in [0.2, 0.25) is 0 Å². The molecule has 1 atom stereocenters. The molecule has 0 spiro atoms. The highest BCUT2D eigenvalue weighted by molar-refractivity contribution is 9.10. The van der Waals surface area contributed by atoms with Gasteiger partial charge >= 0.3 is 0 Å². The van der Waals surface area contributed by atoms with E-state index in [0.717, 1.165) is 15.7 Å². The molecule has 5 heteroatoms. The van der Waals surface area contributed by atoms with Gasteiger partial charge in [-0.25, -0.2) is 4.39 Å². The first-order valence-corrected chi connectivity index (χ1v) is 7.00. The van der Waals surface area contributed by atoms with Crippen molar-refractivity contribution in [2.45, 2.75) is 12.5 Å². The molecule has 0 fully saturated rings. The van der Waals surface area contributed by atoms with Gasteiger partial charge < -0.3 is 5.32 Å². The summed E-state index contributed by atoms with van der Waals surface area (Å²) in [7, 11) is 1.82. The molecule has 0 radical (unpaired) electrons. The average molecular weight is 344 g/mol. The van der Waals surface area contributed by atoms with Crippen LogP contribution in [0.25, 0.3) is 0 Å². The second kappa shape index (κ2) is 6.46. The number of hydrogen-bond acceptors (Lipinski definition) is 2. The van der Waals surface area contributed by atoms with E-state index in [4.69, 9.17) is 11.6 Å². The third-order valence-electron chi connectivity index (χ3n) is 2.91. The molecule has 2 nitrogen and oxygen atoms in total. The maximum absolute atomic E-state index is 13.5. The molecule has 19 heavy (non-hydrogen) atoms. The third kappa shape index (κ3) is 3.53. The normalized spacial score (nSPS) is 12.4. The lowest BCUT2D eigenvalue weighted by molar-refractivity contribution is 0.572. The number of rotatable bonds is 4. The van der Waals surface area contributed by atoms with Crippen LogP contribution in [0.1, 0.15) is 17.3 Å². The topological polar surface area (TPSA) is 24.9 Å². The van der Waals surface area contributed by atoms with E-state index in [1.54, 1.807) is 12.3 Å². The van der Waals surface area contributed by atoms with Gasteiger partial charge in [0.25, 0.3) is 0 Å². The van der Waals surface area contributed by atoms with Crippen LogP contribution >= 0.6 is 27.5 Å². The van der Waals surface area contributed by atoms with E-state index in [1.165, 1.54) is 6.07 Å². The zero-order valence-electron chi connectivity index (χ0n) is 10.3. The Kier molecular flexibility index (Phi) is 4.91. The molecule has 2 aromatic rings. The first kappa shape index (κ1) is 14.4. The molecule has 100 valence electrons. The fourth-order valence-electron chi connectivity index (χ4n) is 1.89. The SMILES string of the molecule is CNC(Cc1ccc(Br)cn1)c1cccc(F)c1Cl. The van der Waals surface area contributed by atoms with E-state index in [2.05, 4.69) is 26.2 Å². The summed E-state index contributed by atoms with van der Waals surface area (Å²) >= 11 is 9.36. The fraction of sp³-hybridized carbons (Fsp3) is 0.214. The van der Waals surface area contributed by atoms with Gasteiger partial charge in [-0.2, -0.15) is 0 Å².